The molecule has 0 aliphatic rings. The van der Waals surface area contributed by atoms with E-state index in [2.05, 4.69) is 10.4 Å². The van der Waals surface area contributed by atoms with Crippen molar-refractivity contribution >= 4 is 23.2 Å². The predicted octanol–water partition coefficient (Wildman–Crippen LogP) is 3.16. The van der Waals surface area contributed by atoms with Crippen molar-refractivity contribution in [3.8, 4) is 17.2 Å². The van der Waals surface area contributed by atoms with E-state index in [9.17, 15) is 14.7 Å². The number of carbonyl (C=O) groups excluding carboxylic acids is 1. The maximum Gasteiger partial charge on any atom is 0.279 e. The Morgan fingerprint density at radius 1 is 1.22 bits per heavy atom. The van der Waals surface area contributed by atoms with Gasteiger partial charge in [-0.3, -0.25) is 9.59 Å². The van der Waals surface area contributed by atoms with Gasteiger partial charge in [-0.1, -0.05) is 23.7 Å². The lowest BCUT2D eigenvalue weighted by Crippen LogP contribution is -2.25. The number of amides is 1. The number of methoxy groups -OCH3 is 1. The number of rotatable bonds is 4. The molecule has 0 bridgehead atoms. The summed E-state index contributed by atoms with van der Waals surface area (Å²) < 4.78 is 6.12. The Morgan fingerprint density at radius 2 is 2.00 bits per heavy atom. The number of benzene rings is 2. The summed E-state index contributed by atoms with van der Waals surface area (Å²) in [6, 6.07) is 12.7. The summed E-state index contributed by atoms with van der Waals surface area (Å²) in [6.07, 6.45) is 0. The highest BCUT2D eigenvalue weighted by atomic mass is 35.5. The third kappa shape index (κ3) is 3.93. The van der Waals surface area contributed by atoms with E-state index < -0.39 is 17.2 Å². The van der Waals surface area contributed by atoms with Gasteiger partial charge in [0.2, 0.25) is 0 Å². The molecule has 1 amide bonds. The minimum atomic E-state index is -0.685. The minimum Gasteiger partial charge on any atom is -0.505 e. The van der Waals surface area contributed by atoms with Crippen LogP contribution >= 0.6 is 11.6 Å². The standard InChI is InChI=1S/C19H16ClN3O4/c1-11-4-3-5-13(8-11)23-17(25)10-15(24)18(22-23)19(26)21-12-6-7-16(27-2)14(20)9-12/h3-10,24H,1-2H3,(H,21,26). The van der Waals surface area contributed by atoms with E-state index in [1.807, 2.05) is 13.0 Å². The zero-order valence-electron chi connectivity index (χ0n) is 14.6. The van der Waals surface area contributed by atoms with Crippen LogP contribution in [0.1, 0.15) is 16.1 Å². The van der Waals surface area contributed by atoms with Crippen LogP contribution in [-0.4, -0.2) is 27.9 Å². The van der Waals surface area contributed by atoms with Crippen LogP contribution in [0.3, 0.4) is 0 Å². The molecular weight excluding hydrogens is 370 g/mol. The molecule has 0 aliphatic heterocycles. The second kappa shape index (κ2) is 7.51. The number of aryl methyl sites for hydroxylation is 1. The molecule has 0 saturated heterocycles. The van der Waals surface area contributed by atoms with Gasteiger partial charge in [0.1, 0.15) is 5.75 Å². The quantitative estimate of drug-likeness (QED) is 0.719. The van der Waals surface area contributed by atoms with Gasteiger partial charge in [-0.25, -0.2) is 0 Å². The first-order valence-corrected chi connectivity index (χ1v) is 8.32. The van der Waals surface area contributed by atoms with Gasteiger partial charge in [0.15, 0.2) is 11.4 Å². The maximum absolute atomic E-state index is 12.5. The van der Waals surface area contributed by atoms with Crippen LogP contribution in [0.25, 0.3) is 5.69 Å². The number of carbonyl (C=O) groups is 1. The molecule has 27 heavy (non-hydrogen) atoms. The molecule has 0 aliphatic carbocycles. The number of halogens is 1. The highest BCUT2D eigenvalue weighted by Gasteiger charge is 2.17. The monoisotopic (exact) mass is 385 g/mol. The van der Waals surface area contributed by atoms with Crippen LogP contribution in [0.2, 0.25) is 5.02 Å². The van der Waals surface area contributed by atoms with Gasteiger partial charge >= 0.3 is 0 Å². The second-order valence-electron chi connectivity index (χ2n) is 5.77. The highest BCUT2D eigenvalue weighted by Crippen LogP contribution is 2.27. The first-order chi connectivity index (χ1) is 12.9. The van der Waals surface area contributed by atoms with Crippen molar-refractivity contribution in [1.29, 1.82) is 0 Å². The Labute approximate surface area is 159 Å². The SMILES string of the molecule is COc1ccc(NC(=O)c2nn(-c3cccc(C)c3)c(=O)cc2O)cc1Cl. The fourth-order valence-corrected chi connectivity index (χ4v) is 2.75. The summed E-state index contributed by atoms with van der Waals surface area (Å²) in [5.41, 5.74) is 0.959. The number of hydrogen-bond donors (Lipinski definition) is 2. The highest BCUT2D eigenvalue weighted by molar-refractivity contribution is 6.32. The molecule has 2 aromatic carbocycles. The fourth-order valence-electron chi connectivity index (χ4n) is 2.49. The molecule has 8 heteroatoms. The van der Waals surface area contributed by atoms with Crippen LogP contribution < -0.4 is 15.6 Å². The van der Waals surface area contributed by atoms with Crippen LogP contribution in [0.4, 0.5) is 5.69 Å². The number of aromatic nitrogens is 2. The third-order valence-corrected chi connectivity index (χ3v) is 4.08. The lowest BCUT2D eigenvalue weighted by Gasteiger charge is -2.11. The molecule has 0 fully saturated rings. The lowest BCUT2D eigenvalue weighted by molar-refractivity contribution is 0.101. The Hall–Kier alpha value is -3.32. The van der Waals surface area contributed by atoms with Crippen LogP contribution in [0.15, 0.2) is 53.3 Å². The minimum absolute atomic E-state index is 0.289. The van der Waals surface area contributed by atoms with Crippen molar-refractivity contribution in [1.82, 2.24) is 9.78 Å². The van der Waals surface area contributed by atoms with E-state index in [-0.39, 0.29) is 5.69 Å². The van der Waals surface area contributed by atoms with Gasteiger partial charge in [-0.15, -0.1) is 0 Å². The molecule has 0 saturated carbocycles. The van der Waals surface area contributed by atoms with Gasteiger partial charge in [0.25, 0.3) is 11.5 Å². The van der Waals surface area contributed by atoms with Crippen molar-refractivity contribution < 1.29 is 14.6 Å². The summed E-state index contributed by atoms with van der Waals surface area (Å²) in [4.78, 5) is 24.7. The number of nitrogens with one attached hydrogen (secondary N) is 1. The zero-order valence-corrected chi connectivity index (χ0v) is 15.3. The Bertz CT molecular complexity index is 1080. The third-order valence-electron chi connectivity index (χ3n) is 3.78. The number of aromatic hydroxyl groups is 1. The molecule has 1 heterocycles. The summed E-state index contributed by atoms with van der Waals surface area (Å²) in [7, 11) is 1.48. The molecule has 0 atom stereocenters. The summed E-state index contributed by atoms with van der Waals surface area (Å²) in [5.74, 6) is -0.736. The fraction of sp³-hybridized carbons (Fsp3) is 0.105. The number of nitrogens with zero attached hydrogens (tertiary/aromatic N) is 2. The predicted molar refractivity (Wildman–Crippen MR) is 102 cm³/mol. The van der Waals surface area contributed by atoms with E-state index in [0.717, 1.165) is 16.3 Å². The molecule has 2 N–H and O–H groups in total. The topological polar surface area (TPSA) is 93.5 Å². The van der Waals surface area contributed by atoms with Crippen LogP contribution in [0, 0.1) is 6.92 Å². The molecule has 0 unspecified atom stereocenters. The number of ether oxygens (including phenoxy) is 1. The van der Waals surface area contributed by atoms with Crippen molar-refractivity contribution in [2.24, 2.45) is 0 Å². The Balaban J connectivity index is 1.96. The van der Waals surface area contributed by atoms with Crippen molar-refractivity contribution in [3.05, 3.63) is 75.2 Å². The van der Waals surface area contributed by atoms with Gasteiger partial charge in [0, 0.05) is 11.8 Å². The zero-order chi connectivity index (χ0) is 19.6. The van der Waals surface area contributed by atoms with E-state index >= 15 is 0 Å². The molecule has 0 radical (unpaired) electrons. The molecule has 7 nitrogen and oxygen atoms in total. The lowest BCUT2D eigenvalue weighted by atomic mass is 10.2. The van der Waals surface area contributed by atoms with E-state index in [0.29, 0.717) is 22.1 Å². The van der Waals surface area contributed by atoms with Gasteiger partial charge in [0.05, 0.1) is 17.8 Å². The average molecular weight is 386 g/mol. The molecular formula is C19H16ClN3O4. The summed E-state index contributed by atoms with van der Waals surface area (Å²) in [5, 5.41) is 16.9. The molecule has 0 spiro atoms. The van der Waals surface area contributed by atoms with E-state index in [1.165, 1.54) is 13.2 Å². The van der Waals surface area contributed by atoms with E-state index in [4.69, 9.17) is 16.3 Å². The van der Waals surface area contributed by atoms with Crippen molar-refractivity contribution in [3.63, 3.8) is 0 Å². The van der Waals surface area contributed by atoms with Crippen LogP contribution in [0.5, 0.6) is 11.5 Å². The number of hydrogen-bond acceptors (Lipinski definition) is 5. The van der Waals surface area contributed by atoms with Gasteiger partial charge in [-0.2, -0.15) is 9.78 Å². The first kappa shape index (κ1) is 18.5. The molecule has 3 rings (SSSR count). The normalized spacial score (nSPS) is 10.5. The average Bonchev–Trinajstić information content (AvgIpc) is 2.62. The number of anilines is 1. The van der Waals surface area contributed by atoms with Crippen LogP contribution in [-0.2, 0) is 0 Å². The Kier molecular flexibility index (Phi) is 5.14. The Morgan fingerprint density at radius 3 is 2.67 bits per heavy atom. The summed E-state index contributed by atoms with van der Waals surface area (Å²) >= 11 is 6.04. The largest absolute Gasteiger partial charge is 0.505 e. The van der Waals surface area contributed by atoms with Gasteiger partial charge < -0.3 is 15.2 Å². The molecule has 3 aromatic rings. The molecule has 1 aromatic heterocycles. The van der Waals surface area contributed by atoms with Gasteiger partial charge in [-0.05, 0) is 42.8 Å². The molecule has 138 valence electrons. The summed E-state index contributed by atoms with van der Waals surface area (Å²) in [6.45, 7) is 1.87. The van der Waals surface area contributed by atoms with E-state index in [1.54, 1.807) is 30.3 Å². The van der Waals surface area contributed by atoms with Crippen molar-refractivity contribution in [2.75, 3.05) is 12.4 Å². The second-order valence-corrected chi connectivity index (χ2v) is 6.18. The first-order valence-electron chi connectivity index (χ1n) is 7.94. The smallest absolute Gasteiger partial charge is 0.279 e. The van der Waals surface area contributed by atoms with Crippen molar-refractivity contribution in [2.45, 2.75) is 6.92 Å². The maximum atomic E-state index is 12.5.